The summed E-state index contributed by atoms with van der Waals surface area (Å²) in [6.07, 6.45) is -4.00. The van der Waals surface area contributed by atoms with Crippen LogP contribution in [0.4, 0.5) is 19.1 Å². The quantitative estimate of drug-likeness (QED) is 0.825. The number of hydrogen-bond donors (Lipinski definition) is 1. The molecule has 2 heterocycles. The van der Waals surface area contributed by atoms with E-state index in [0.29, 0.717) is 0 Å². The molecule has 0 bridgehead atoms. The van der Waals surface area contributed by atoms with Gasteiger partial charge in [0.15, 0.2) is 15.5 Å². The number of sulfone groups is 1. The molecule has 0 aliphatic carbocycles. The second-order valence-corrected chi connectivity index (χ2v) is 9.93. The van der Waals surface area contributed by atoms with Gasteiger partial charge in [0.05, 0.1) is 17.1 Å². The summed E-state index contributed by atoms with van der Waals surface area (Å²) in [4.78, 5) is 21.0. The molecule has 0 radical (unpaired) electrons. The molecule has 1 aromatic rings. The van der Waals surface area contributed by atoms with Crippen molar-refractivity contribution in [2.75, 3.05) is 29.9 Å². The van der Waals surface area contributed by atoms with Crippen molar-refractivity contribution in [1.29, 1.82) is 0 Å². The summed E-state index contributed by atoms with van der Waals surface area (Å²) < 4.78 is 63.3. The van der Waals surface area contributed by atoms with E-state index < -0.39 is 33.2 Å². The van der Waals surface area contributed by atoms with Crippen molar-refractivity contribution in [3.8, 4) is 0 Å². The zero-order valence-electron chi connectivity index (χ0n) is 15.6. The summed E-state index contributed by atoms with van der Waals surface area (Å²) >= 11 is 0. The zero-order chi connectivity index (χ0) is 20.6. The average Bonchev–Trinajstić information content (AvgIpc) is 2.52. The van der Waals surface area contributed by atoms with Gasteiger partial charge < -0.3 is 10.2 Å². The Hall–Kier alpha value is -1.91. The Labute approximate surface area is 156 Å². The first kappa shape index (κ1) is 21.4. The Bertz CT molecular complexity index is 805. The first-order valence-corrected chi connectivity index (χ1v) is 10.2. The van der Waals surface area contributed by atoms with E-state index in [1.807, 2.05) is 20.8 Å². The van der Waals surface area contributed by atoms with Gasteiger partial charge in [-0.3, -0.25) is 4.79 Å². The van der Waals surface area contributed by atoms with Crippen LogP contribution in [0.15, 0.2) is 6.20 Å². The maximum atomic E-state index is 13.5. The molecule has 152 valence electrons. The molecule has 1 aliphatic rings. The van der Waals surface area contributed by atoms with Gasteiger partial charge in [-0.05, 0) is 12.3 Å². The lowest BCUT2D eigenvalue weighted by atomic mass is 9.88. The van der Waals surface area contributed by atoms with Gasteiger partial charge in [-0.25, -0.2) is 18.4 Å². The molecule has 1 fully saturated rings. The molecule has 2 rings (SSSR count). The molecule has 1 aromatic heterocycles. The van der Waals surface area contributed by atoms with Gasteiger partial charge in [0.25, 0.3) is 5.91 Å². The number of nitrogens with one attached hydrogen (secondary N) is 1. The van der Waals surface area contributed by atoms with E-state index in [9.17, 15) is 26.4 Å². The average molecular weight is 408 g/mol. The fourth-order valence-electron chi connectivity index (χ4n) is 2.32. The number of nitrogens with zero attached hydrogens (tertiary/aromatic N) is 3. The van der Waals surface area contributed by atoms with Crippen LogP contribution in [0, 0.1) is 5.41 Å². The highest BCUT2D eigenvalue weighted by atomic mass is 32.2. The fourth-order valence-corrected chi connectivity index (χ4v) is 3.52. The Kier molecular flexibility index (Phi) is 5.74. The standard InChI is InChI=1S/C16H23F3N4O3S/c1-10(15(2,3)4)21-14-20-9-11(12(22-14)16(17,18)19)13(24)23-5-7-27(25,26)8-6-23/h9-10H,5-8H2,1-4H3,(H,20,21,22)/t10-/m1/s1. The second kappa shape index (κ2) is 7.25. The summed E-state index contributed by atoms with van der Waals surface area (Å²) in [7, 11) is -3.26. The lowest BCUT2D eigenvalue weighted by Gasteiger charge is -2.29. The molecule has 1 amide bonds. The maximum Gasteiger partial charge on any atom is 0.434 e. The van der Waals surface area contributed by atoms with Crippen molar-refractivity contribution in [2.24, 2.45) is 5.41 Å². The molecule has 1 N–H and O–H groups in total. The molecule has 11 heteroatoms. The van der Waals surface area contributed by atoms with Gasteiger partial charge in [0.1, 0.15) is 0 Å². The van der Waals surface area contributed by atoms with Gasteiger partial charge >= 0.3 is 6.18 Å². The molecular formula is C16H23F3N4O3S. The van der Waals surface area contributed by atoms with Gasteiger partial charge in [0.2, 0.25) is 5.95 Å². The SMILES string of the molecule is C[C@@H](Nc1ncc(C(=O)N2CCS(=O)(=O)CC2)c(C(F)(F)F)n1)C(C)(C)C. The Balaban J connectivity index is 2.32. The lowest BCUT2D eigenvalue weighted by Crippen LogP contribution is -2.44. The highest BCUT2D eigenvalue weighted by molar-refractivity contribution is 7.91. The van der Waals surface area contributed by atoms with Crippen molar-refractivity contribution in [2.45, 2.75) is 39.9 Å². The van der Waals surface area contributed by atoms with Gasteiger partial charge in [0, 0.05) is 25.3 Å². The molecule has 0 aromatic carbocycles. The van der Waals surface area contributed by atoms with Crippen LogP contribution in [0.25, 0.3) is 0 Å². The van der Waals surface area contributed by atoms with Crippen molar-refractivity contribution >= 4 is 21.7 Å². The van der Waals surface area contributed by atoms with Crippen molar-refractivity contribution in [3.63, 3.8) is 0 Å². The Morgan fingerprint density at radius 1 is 1.22 bits per heavy atom. The summed E-state index contributed by atoms with van der Waals surface area (Å²) in [5.41, 5.74) is -2.26. The number of amides is 1. The molecule has 7 nitrogen and oxygen atoms in total. The molecule has 0 saturated carbocycles. The van der Waals surface area contributed by atoms with E-state index in [2.05, 4.69) is 15.3 Å². The third-order valence-electron chi connectivity index (χ3n) is 4.56. The van der Waals surface area contributed by atoms with Crippen molar-refractivity contribution in [3.05, 3.63) is 17.5 Å². The third kappa shape index (κ3) is 5.30. The van der Waals surface area contributed by atoms with E-state index >= 15 is 0 Å². The van der Waals surface area contributed by atoms with Gasteiger partial charge in [-0.15, -0.1) is 0 Å². The normalized spacial score (nSPS) is 18.9. The summed E-state index contributed by atoms with van der Waals surface area (Å²) in [6.45, 7) is 7.23. The maximum absolute atomic E-state index is 13.5. The lowest BCUT2D eigenvalue weighted by molar-refractivity contribution is -0.141. The second-order valence-electron chi connectivity index (χ2n) is 7.63. The number of alkyl halides is 3. The van der Waals surface area contributed by atoms with E-state index in [-0.39, 0.29) is 42.0 Å². The van der Waals surface area contributed by atoms with E-state index in [0.717, 1.165) is 11.1 Å². The number of carbonyl (C=O) groups is 1. The minimum Gasteiger partial charge on any atom is -0.351 e. The van der Waals surface area contributed by atoms with Crippen LogP contribution in [0.1, 0.15) is 43.7 Å². The molecule has 1 saturated heterocycles. The summed E-state index contributed by atoms with van der Waals surface area (Å²) in [5.74, 6) is -1.69. The van der Waals surface area contributed by atoms with E-state index in [1.54, 1.807) is 6.92 Å². The minimum atomic E-state index is -4.85. The number of halogens is 3. The highest BCUT2D eigenvalue weighted by Crippen LogP contribution is 2.32. The number of aromatic nitrogens is 2. The van der Waals surface area contributed by atoms with Crippen LogP contribution in [-0.4, -0.2) is 59.8 Å². The van der Waals surface area contributed by atoms with Crippen molar-refractivity contribution < 1.29 is 26.4 Å². The van der Waals surface area contributed by atoms with Gasteiger partial charge in [-0.2, -0.15) is 13.2 Å². The molecule has 0 unspecified atom stereocenters. The van der Waals surface area contributed by atoms with Crippen LogP contribution < -0.4 is 5.32 Å². The zero-order valence-corrected chi connectivity index (χ0v) is 16.4. The first-order valence-electron chi connectivity index (χ1n) is 8.41. The smallest absolute Gasteiger partial charge is 0.351 e. The molecular weight excluding hydrogens is 385 g/mol. The number of rotatable bonds is 3. The van der Waals surface area contributed by atoms with Crippen molar-refractivity contribution in [1.82, 2.24) is 14.9 Å². The molecule has 27 heavy (non-hydrogen) atoms. The monoisotopic (exact) mass is 408 g/mol. The van der Waals surface area contributed by atoms with Crippen LogP contribution in [0.3, 0.4) is 0 Å². The summed E-state index contributed by atoms with van der Waals surface area (Å²) in [6, 6.07) is -0.215. The molecule has 0 spiro atoms. The van der Waals surface area contributed by atoms with Crippen LogP contribution >= 0.6 is 0 Å². The van der Waals surface area contributed by atoms with Crippen LogP contribution in [0.2, 0.25) is 0 Å². The minimum absolute atomic E-state index is 0.153. The van der Waals surface area contributed by atoms with E-state index in [4.69, 9.17) is 0 Å². The van der Waals surface area contributed by atoms with Crippen LogP contribution in [0.5, 0.6) is 0 Å². The third-order valence-corrected chi connectivity index (χ3v) is 6.17. The topological polar surface area (TPSA) is 92.3 Å². The summed E-state index contributed by atoms with van der Waals surface area (Å²) in [5, 5.41) is 2.82. The fraction of sp³-hybridized carbons (Fsp3) is 0.688. The number of hydrogen-bond acceptors (Lipinski definition) is 6. The van der Waals surface area contributed by atoms with Gasteiger partial charge in [-0.1, -0.05) is 20.8 Å². The number of carbonyl (C=O) groups excluding carboxylic acids is 1. The predicted octanol–water partition coefficient (Wildman–Crippen LogP) is 2.21. The largest absolute Gasteiger partial charge is 0.434 e. The van der Waals surface area contributed by atoms with Crippen LogP contribution in [-0.2, 0) is 16.0 Å². The first-order chi connectivity index (χ1) is 12.2. The Morgan fingerprint density at radius 2 is 1.78 bits per heavy atom. The predicted molar refractivity (Wildman–Crippen MR) is 94.1 cm³/mol. The number of anilines is 1. The molecule has 1 aliphatic heterocycles. The molecule has 1 atom stereocenters. The Morgan fingerprint density at radius 3 is 2.26 bits per heavy atom. The highest BCUT2D eigenvalue weighted by Gasteiger charge is 2.40. The van der Waals surface area contributed by atoms with E-state index in [1.165, 1.54) is 0 Å².